The molecule has 0 radical (unpaired) electrons. The van der Waals surface area contributed by atoms with Gasteiger partial charge < -0.3 is 9.47 Å². The number of rotatable bonds is 10. The fourth-order valence-corrected chi connectivity index (χ4v) is 4.62. The molecule has 0 saturated heterocycles. The van der Waals surface area contributed by atoms with Crippen molar-refractivity contribution in [2.45, 2.75) is 30.6 Å². The molecule has 0 spiro atoms. The largest absolute Gasteiger partial charge is 0.573 e. The summed E-state index contributed by atoms with van der Waals surface area (Å²) in [6.07, 6.45) is -2.79. The Kier molecular flexibility index (Phi) is 9.02. The number of halogens is 3. The highest BCUT2D eigenvalue weighted by molar-refractivity contribution is 7.89. The summed E-state index contributed by atoms with van der Waals surface area (Å²) in [5.41, 5.74) is 0.681. The van der Waals surface area contributed by atoms with Gasteiger partial charge in [0, 0.05) is 6.04 Å². The Labute approximate surface area is 189 Å². The van der Waals surface area contributed by atoms with Gasteiger partial charge in [0.2, 0.25) is 10.0 Å². The van der Waals surface area contributed by atoms with Crippen molar-refractivity contribution in [3.05, 3.63) is 83.9 Å². The Bertz CT molecular complexity index is 1110. The Morgan fingerprint density at radius 1 is 1.15 bits per heavy atom. The summed E-state index contributed by atoms with van der Waals surface area (Å²) in [5, 5.41) is 0. The molecule has 0 bridgehead atoms. The van der Waals surface area contributed by atoms with Crippen LogP contribution in [0.1, 0.15) is 12.5 Å². The van der Waals surface area contributed by atoms with Crippen molar-refractivity contribution in [3.63, 3.8) is 0 Å². The van der Waals surface area contributed by atoms with Gasteiger partial charge in [0.05, 0.1) is 13.2 Å². The number of benzene rings is 2. The van der Waals surface area contributed by atoms with Crippen molar-refractivity contribution in [3.8, 4) is 5.75 Å². The zero-order valence-corrected chi connectivity index (χ0v) is 18.3. The van der Waals surface area contributed by atoms with Crippen molar-refractivity contribution in [2.75, 3.05) is 13.2 Å². The summed E-state index contributed by atoms with van der Waals surface area (Å²) >= 11 is 0. The fraction of sp³-hybridized carbons (Fsp3) is 0.273. The molecule has 1 atom stereocenters. The molecule has 0 aliphatic carbocycles. The lowest BCUT2D eigenvalue weighted by atomic mass is 10.1. The van der Waals surface area contributed by atoms with Crippen LogP contribution in [-0.2, 0) is 26.0 Å². The van der Waals surface area contributed by atoms with Gasteiger partial charge in [-0.25, -0.2) is 13.3 Å². The van der Waals surface area contributed by atoms with Crippen molar-refractivity contribution in [2.24, 2.45) is 0 Å². The maximum absolute atomic E-state index is 13.5. The van der Waals surface area contributed by atoms with Crippen LogP contribution in [0.25, 0.3) is 4.85 Å². The quantitative estimate of drug-likeness (QED) is 0.375. The number of hydrogen-bond donors (Lipinski definition) is 0. The highest BCUT2D eigenvalue weighted by Crippen LogP contribution is 2.32. The zero-order valence-electron chi connectivity index (χ0n) is 17.5. The van der Waals surface area contributed by atoms with Crippen LogP contribution >= 0.6 is 0 Å². The summed E-state index contributed by atoms with van der Waals surface area (Å²) in [6.45, 7) is 7.73. The van der Waals surface area contributed by atoms with Gasteiger partial charge in [0.1, 0.15) is 17.2 Å². The molecule has 0 heterocycles. The predicted molar refractivity (Wildman–Crippen MR) is 113 cm³/mol. The van der Waals surface area contributed by atoms with Crippen LogP contribution in [0.4, 0.5) is 13.2 Å². The normalized spacial score (nSPS) is 13.0. The van der Waals surface area contributed by atoms with Gasteiger partial charge in [-0.3, -0.25) is 4.79 Å². The van der Waals surface area contributed by atoms with Gasteiger partial charge in [0.25, 0.3) is 0 Å². The molecule has 2 aromatic rings. The standard InChI is InChI=1S/C22H21F3N2O5S/c1-3-31-21(28)16-27(18(13-14-26-2)15-17-9-5-4-6-10-17)33(29,30)20-12-8-7-11-19(20)32-22(23,24)25/h4-14,18H,3,15-16H2,1H3/b14-13+/t18-/m0/s1. The number of sulfonamides is 1. The Hall–Kier alpha value is -3.36. The first-order valence-electron chi connectivity index (χ1n) is 9.68. The summed E-state index contributed by atoms with van der Waals surface area (Å²) in [5.74, 6) is -1.84. The molecule has 0 aliphatic heterocycles. The smallest absolute Gasteiger partial charge is 0.465 e. The topological polar surface area (TPSA) is 77.3 Å². The molecule has 2 aromatic carbocycles. The summed E-state index contributed by atoms with van der Waals surface area (Å²) in [7, 11) is -4.71. The lowest BCUT2D eigenvalue weighted by Crippen LogP contribution is -2.44. The number of para-hydroxylation sites is 1. The van der Waals surface area contributed by atoms with Gasteiger partial charge >= 0.3 is 12.3 Å². The molecule has 0 fully saturated rings. The predicted octanol–water partition coefficient (Wildman–Crippen LogP) is 4.18. The van der Waals surface area contributed by atoms with E-state index < -0.39 is 45.6 Å². The van der Waals surface area contributed by atoms with E-state index in [9.17, 15) is 26.4 Å². The molecule has 0 saturated carbocycles. The molecular weight excluding hydrogens is 461 g/mol. The lowest BCUT2D eigenvalue weighted by Gasteiger charge is -2.29. The third kappa shape index (κ3) is 7.62. The molecule has 7 nitrogen and oxygen atoms in total. The summed E-state index contributed by atoms with van der Waals surface area (Å²) in [6, 6.07) is 11.8. The van der Waals surface area contributed by atoms with Gasteiger partial charge in [-0.2, -0.15) is 4.31 Å². The third-order valence-corrected chi connectivity index (χ3v) is 6.20. The average Bonchev–Trinajstić information content (AvgIpc) is 2.75. The third-order valence-electron chi connectivity index (χ3n) is 4.29. The van der Waals surface area contributed by atoms with Gasteiger partial charge in [-0.1, -0.05) is 48.5 Å². The van der Waals surface area contributed by atoms with Gasteiger partial charge in [-0.15, -0.1) is 13.2 Å². The fourth-order valence-electron chi connectivity index (χ4n) is 2.98. The molecule has 0 N–H and O–H groups in total. The lowest BCUT2D eigenvalue weighted by molar-refractivity contribution is -0.275. The Morgan fingerprint density at radius 2 is 1.79 bits per heavy atom. The maximum Gasteiger partial charge on any atom is 0.573 e. The van der Waals surface area contributed by atoms with E-state index >= 15 is 0 Å². The second kappa shape index (κ2) is 11.5. The number of esters is 1. The molecule has 176 valence electrons. The maximum atomic E-state index is 13.5. The molecule has 11 heteroatoms. The number of carbonyl (C=O) groups excluding carboxylic acids is 1. The van der Waals surface area contributed by atoms with E-state index in [1.807, 2.05) is 0 Å². The Morgan fingerprint density at radius 3 is 2.39 bits per heavy atom. The summed E-state index contributed by atoms with van der Waals surface area (Å²) in [4.78, 5) is 14.6. The van der Waals surface area contributed by atoms with Crippen LogP contribution in [0.2, 0.25) is 0 Å². The van der Waals surface area contributed by atoms with E-state index in [0.29, 0.717) is 9.87 Å². The minimum atomic E-state index is -5.13. The second-order valence-electron chi connectivity index (χ2n) is 6.58. The monoisotopic (exact) mass is 482 g/mol. The van der Waals surface area contributed by atoms with Crippen LogP contribution in [0.15, 0.2) is 71.8 Å². The number of ether oxygens (including phenoxy) is 2. The van der Waals surface area contributed by atoms with Crippen LogP contribution in [0.3, 0.4) is 0 Å². The van der Waals surface area contributed by atoms with Crippen molar-refractivity contribution in [1.82, 2.24) is 4.31 Å². The van der Waals surface area contributed by atoms with Crippen LogP contribution in [0, 0.1) is 6.57 Å². The van der Waals surface area contributed by atoms with E-state index in [2.05, 4.69) is 9.58 Å². The second-order valence-corrected chi connectivity index (χ2v) is 8.44. The summed E-state index contributed by atoms with van der Waals surface area (Å²) < 4.78 is 75.2. The molecular formula is C22H21F3N2O5S. The highest BCUT2D eigenvalue weighted by atomic mass is 32.2. The molecule has 0 aromatic heterocycles. The minimum absolute atomic E-state index is 0.0261. The molecule has 33 heavy (non-hydrogen) atoms. The van der Waals surface area contributed by atoms with E-state index in [1.165, 1.54) is 25.1 Å². The van der Waals surface area contributed by atoms with E-state index in [1.54, 1.807) is 30.3 Å². The first kappa shape index (κ1) is 25.9. The van der Waals surface area contributed by atoms with Crippen molar-refractivity contribution < 1.29 is 35.9 Å². The van der Waals surface area contributed by atoms with E-state index in [4.69, 9.17) is 11.3 Å². The average molecular weight is 482 g/mol. The zero-order chi connectivity index (χ0) is 24.5. The van der Waals surface area contributed by atoms with Crippen LogP contribution in [-0.4, -0.2) is 44.2 Å². The van der Waals surface area contributed by atoms with Crippen molar-refractivity contribution >= 4 is 16.0 Å². The molecule has 2 rings (SSSR count). The van der Waals surface area contributed by atoms with Gasteiger partial charge in [-0.05, 0) is 31.0 Å². The first-order valence-corrected chi connectivity index (χ1v) is 11.1. The number of nitrogens with zero attached hydrogens (tertiary/aromatic N) is 2. The number of hydrogen-bond acceptors (Lipinski definition) is 5. The number of alkyl halides is 3. The number of carbonyl (C=O) groups is 1. The van der Waals surface area contributed by atoms with Crippen molar-refractivity contribution in [1.29, 1.82) is 0 Å². The highest BCUT2D eigenvalue weighted by Gasteiger charge is 2.38. The van der Waals surface area contributed by atoms with Crippen LogP contribution < -0.4 is 4.74 Å². The SMILES string of the molecule is [C-]#[N+]/C=C/[C@@H](Cc1ccccc1)N(CC(=O)OCC)S(=O)(=O)c1ccccc1OC(F)(F)F. The minimum Gasteiger partial charge on any atom is -0.465 e. The first-order chi connectivity index (χ1) is 15.6. The van der Waals surface area contributed by atoms with E-state index in [0.717, 1.165) is 18.3 Å². The molecule has 0 aliphatic rings. The van der Waals surface area contributed by atoms with Gasteiger partial charge in [0.15, 0.2) is 6.20 Å². The molecule has 0 unspecified atom stereocenters. The van der Waals surface area contributed by atoms with E-state index in [-0.39, 0.29) is 13.0 Å². The Balaban J connectivity index is 2.60. The van der Waals surface area contributed by atoms with Crippen LogP contribution in [0.5, 0.6) is 5.75 Å². The molecule has 0 amide bonds.